The van der Waals surface area contributed by atoms with Crippen LogP contribution in [0.2, 0.25) is 0 Å². The molecule has 2 heterocycles. The quantitative estimate of drug-likeness (QED) is 0.597. The number of unbranched alkanes of at least 4 members (excludes halogenated alkanes) is 2. The maximum absolute atomic E-state index is 13.0. The molecule has 3 rings (SSSR count). The zero-order chi connectivity index (χ0) is 17.2. The zero-order valence-corrected chi connectivity index (χ0v) is 14.6. The lowest BCUT2D eigenvalue weighted by atomic mass is 10.1. The van der Waals surface area contributed by atoms with Gasteiger partial charge in [0.05, 0.1) is 11.5 Å². The molecular weight excluding hydrogens is 330 g/mol. The van der Waals surface area contributed by atoms with Gasteiger partial charge in [0, 0.05) is 13.0 Å². The molecule has 0 saturated carbocycles. The first-order valence-corrected chi connectivity index (χ1v) is 9.91. The number of nitrogens with one attached hydrogen (secondary N) is 1. The SMILES string of the molecule is CCCCCOc1ccc(S(=O)(=O)C23CC(CCN2)OC3=O)cc1. The summed E-state index contributed by atoms with van der Waals surface area (Å²) in [5.41, 5.74) is 0. The number of ether oxygens (including phenoxy) is 2. The van der Waals surface area contributed by atoms with Crippen LogP contribution in [-0.4, -0.2) is 38.5 Å². The van der Waals surface area contributed by atoms with Crippen molar-refractivity contribution < 1.29 is 22.7 Å². The van der Waals surface area contributed by atoms with E-state index in [2.05, 4.69) is 12.2 Å². The van der Waals surface area contributed by atoms with Crippen molar-refractivity contribution in [3.05, 3.63) is 24.3 Å². The van der Waals surface area contributed by atoms with Gasteiger partial charge in [-0.1, -0.05) is 19.8 Å². The lowest BCUT2D eigenvalue weighted by molar-refractivity contribution is -0.142. The van der Waals surface area contributed by atoms with Crippen LogP contribution in [-0.2, 0) is 19.4 Å². The third-order valence-corrected chi connectivity index (χ3v) is 6.89. The molecule has 2 unspecified atom stereocenters. The van der Waals surface area contributed by atoms with Crippen LogP contribution in [0.5, 0.6) is 5.75 Å². The monoisotopic (exact) mass is 353 g/mol. The van der Waals surface area contributed by atoms with Crippen LogP contribution in [0.3, 0.4) is 0 Å². The van der Waals surface area contributed by atoms with Crippen molar-refractivity contribution in [2.24, 2.45) is 0 Å². The number of esters is 1. The summed E-state index contributed by atoms with van der Waals surface area (Å²) in [4.78, 5) is 10.6. The average molecular weight is 353 g/mol. The van der Waals surface area contributed by atoms with Crippen LogP contribution in [0, 0.1) is 0 Å². The molecule has 2 aliphatic rings. The van der Waals surface area contributed by atoms with E-state index in [9.17, 15) is 13.2 Å². The van der Waals surface area contributed by atoms with E-state index >= 15 is 0 Å². The van der Waals surface area contributed by atoms with Gasteiger partial charge in [-0.15, -0.1) is 0 Å². The summed E-state index contributed by atoms with van der Waals surface area (Å²) < 4.78 is 36.8. The second kappa shape index (κ2) is 6.72. The Morgan fingerprint density at radius 3 is 2.75 bits per heavy atom. The Morgan fingerprint density at radius 2 is 2.04 bits per heavy atom. The fraction of sp³-hybridized carbons (Fsp3) is 0.588. The molecule has 7 heteroatoms. The van der Waals surface area contributed by atoms with Crippen molar-refractivity contribution in [1.29, 1.82) is 0 Å². The summed E-state index contributed by atoms with van der Waals surface area (Å²) in [6.07, 6.45) is 3.69. The fourth-order valence-corrected chi connectivity index (χ4v) is 5.07. The van der Waals surface area contributed by atoms with Gasteiger partial charge in [0.1, 0.15) is 11.9 Å². The van der Waals surface area contributed by atoms with Gasteiger partial charge < -0.3 is 9.47 Å². The van der Waals surface area contributed by atoms with E-state index in [-0.39, 0.29) is 17.4 Å². The molecule has 0 aromatic heterocycles. The Morgan fingerprint density at radius 1 is 1.29 bits per heavy atom. The number of rotatable bonds is 7. The Labute approximate surface area is 142 Å². The van der Waals surface area contributed by atoms with Crippen molar-refractivity contribution in [1.82, 2.24) is 5.32 Å². The molecule has 2 atom stereocenters. The van der Waals surface area contributed by atoms with Gasteiger partial charge in [0.25, 0.3) is 0 Å². The molecule has 1 N–H and O–H groups in total. The lowest BCUT2D eigenvalue weighted by Crippen LogP contribution is -2.57. The topological polar surface area (TPSA) is 81.7 Å². The lowest BCUT2D eigenvalue weighted by Gasteiger charge is -2.29. The number of benzene rings is 1. The third kappa shape index (κ3) is 2.91. The third-order valence-electron chi connectivity index (χ3n) is 4.60. The molecular formula is C17H23NO5S. The van der Waals surface area contributed by atoms with E-state index < -0.39 is 20.7 Å². The first-order valence-electron chi connectivity index (χ1n) is 8.43. The van der Waals surface area contributed by atoms with E-state index in [1.165, 1.54) is 12.1 Å². The highest BCUT2D eigenvalue weighted by Crippen LogP contribution is 2.39. The van der Waals surface area contributed by atoms with Gasteiger partial charge in [0.15, 0.2) is 0 Å². The number of hydrogen-bond acceptors (Lipinski definition) is 6. The van der Waals surface area contributed by atoms with E-state index in [0.29, 0.717) is 25.3 Å². The van der Waals surface area contributed by atoms with Crippen molar-refractivity contribution in [2.45, 2.75) is 54.9 Å². The number of carbonyl (C=O) groups is 1. The minimum Gasteiger partial charge on any atom is -0.494 e. The molecule has 1 aromatic carbocycles. The van der Waals surface area contributed by atoms with Gasteiger partial charge in [-0.2, -0.15) is 0 Å². The van der Waals surface area contributed by atoms with Gasteiger partial charge in [0.2, 0.25) is 14.7 Å². The molecule has 2 bridgehead atoms. The van der Waals surface area contributed by atoms with E-state index in [0.717, 1.165) is 19.3 Å². The summed E-state index contributed by atoms with van der Waals surface area (Å²) in [6.45, 7) is 3.19. The van der Waals surface area contributed by atoms with Crippen LogP contribution in [0.25, 0.3) is 0 Å². The fourth-order valence-electron chi connectivity index (χ4n) is 3.21. The van der Waals surface area contributed by atoms with Gasteiger partial charge in [-0.3, -0.25) is 5.32 Å². The summed E-state index contributed by atoms with van der Waals surface area (Å²) in [5.74, 6) is -0.0593. The first-order chi connectivity index (χ1) is 11.5. The molecule has 24 heavy (non-hydrogen) atoms. The van der Waals surface area contributed by atoms with Crippen molar-refractivity contribution in [3.63, 3.8) is 0 Å². The average Bonchev–Trinajstić information content (AvgIpc) is 2.82. The maximum atomic E-state index is 13.0. The number of hydrogen-bond donors (Lipinski definition) is 1. The molecule has 6 nitrogen and oxygen atoms in total. The van der Waals surface area contributed by atoms with E-state index in [1.807, 2.05) is 0 Å². The zero-order valence-electron chi connectivity index (χ0n) is 13.8. The normalized spacial score (nSPS) is 26.2. The van der Waals surface area contributed by atoms with Crippen molar-refractivity contribution >= 4 is 15.8 Å². The minimum atomic E-state index is -3.87. The van der Waals surface area contributed by atoms with E-state index in [4.69, 9.17) is 9.47 Å². The highest BCUT2D eigenvalue weighted by Gasteiger charge is 2.60. The maximum Gasteiger partial charge on any atom is 0.343 e. The van der Waals surface area contributed by atoms with Gasteiger partial charge in [-0.05, 0) is 37.1 Å². The number of fused-ring (bicyclic) bond motifs is 2. The van der Waals surface area contributed by atoms with Crippen LogP contribution < -0.4 is 10.1 Å². The summed E-state index contributed by atoms with van der Waals surface area (Å²) >= 11 is 0. The van der Waals surface area contributed by atoms with Crippen LogP contribution >= 0.6 is 0 Å². The Kier molecular flexibility index (Phi) is 4.83. The predicted octanol–water partition coefficient (Wildman–Crippen LogP) is 2.03. The van der Waals surface area contributed by atoms with Crippen molar-refractivity contribution in [2.75, 3.05) is 13.2 Å². The number of carbonyl (C=O) groups excluding carboxylic acids is 1. The second-order valence-electron chi connectivity index (χ2n) is 6.30. The minimum absolute atomic E-state index is 0.107. The molecule has 0 aliphatic carbocycles. The van der Waals surface area contributed by atoms with Gasteiger partial charge in [-0.25, -0.2) is 13.2 Å². The first kappa shape index (κ1) is 17.2. The van der Waals surface area contributed by atoms with Crippen LogP contribution in [0.15, 0.2) is 29.2 Å². The van der Waals surface area contributed by atoms with Crippen LogP contribution in [0.4, 0.5) is 0 Å². The van der Waals surface area contributed by atoms with E-state index in [1.54, 1.807) is 12.1 Å². The molecule has 2 saturated heterocycles. The molecule has 132 valence electrons. The largest absolute Gasteiger partial charge is 0.494 e. The van der Waals surface area contributed by atoms with Crippen LogP contribution in [0.1, 0.15) is 39.0 Å². The molecule has 0 amide bonds. The Balaban J connectivity index is 1.77. The Bertz CT molecular complexity index is 700. The molecule has 2 aliphatic heterocycles. The summed E-state index contributed by atoms with van der Waals surface area (Å²) in [6, 6.07) is 6.26. The predicted molar refractivity (Wildman–Crippen MR) is 88.5 cm³/mol. The highest BCUT2D eigenvalue weighted by atomic mass is 32.2. The van der Waals surface area contributed by atoms with Gasteiger partial charge >= 0.3 is 5.97 Å². The number of sulfone groups is 1. The highest BCUT2D eigenvalue weighted by molar-refractivity contribution is 7.93. The number of piperidine rings is 1. The summed E-state index contributed by atoms with van der Waals surface area (Å²) in [7, 11) is -3.87. The summed E-state index contributed by atoms with van der Waals surface area (Å²) in [5, 5.41) is 2.88. The standard InChI is InChI=1S/C17H23NO5S/c1-2-3-4-11-22-13-5-7-15(8-6-13)24(20,21)17-12-14(9-10-18-17)23-16(17)19/h5-8,14,18H,2-4,9-12H2,1H3. The smallest absolute Gasteiger partial charge is 0.343 e. The Hall–Kier alpha value is -1.60. The molecule has 0 spiro atoms. The van der Waals surface area contributed by atoms with Crippen molar-refractivity contribution in [3.8, 4) is 5.75 Å². The molecule has 1 aromatic rings. The molecule has 2 fully saturated rings. The molecule has 0 radical (unpaired) electrons. The second-order valence-corrected chi connectivity index (χ2v) is 8.48.